The van der Waals surface area contributed by atoms with E-state index >= 15 is 0 Å². The van der Waals surface area contributed by atoms with E-state index in [-0.39, 0.29) is 5.75 Å². The molecule has 1 saturated heterocycles. The number of thiophene rings is 1. The smallest absolute Gasteiger partial charge is 0.214 e. The summed E-state index contributed by atoms with van der Waals surface area (Å²) in [5, 5.41) is 5.20. The maximum Gasteiger partial charge on any atom is 0.214 e. The Hall–Kier alpha value is -0.430. The fraction of sp³-hybridized carbons (Fsp3) is 0.636. The zero-order valence-electron chi connectivity index (χ0n) is 9.76. The predicted octanol–water partition coefficient (Wildman–Crippen LogP) is 0.916. The van der Waals surface area contributed by atoms with E-state index in [2.05, 4.69) is 5.32 Å². The van der Waals surface area contributed by atoms with E-state index in [9.17, 15) is 8.42 Å². The van der Waals surface area contributed by atoms with Gasteiger partial charge in [0.1, 0.15) is 0 Å². The molecule has 4 nitrogen and oxygen atoms in total. The van der Waals surface area contributed by atoms with Crippen molar-refractivity contribution in [3.05, 3.63) is 22.4 Å². The van der Waals surface area contributed by atoms with Crippen molar-refractivity contribution in [3.8, 4) is 0 Å². The molecule has 0 radical (unpaired) electrons. The number of rotatable bonds is 4. The van der Waals surface area contributed by atoms with Crippen LogP contribution in [0.1, 0.15) is 11.3 Å². The molecule has 0 spiro atoms. The average Bonchev–Trinajstić information content (AvgIpc) is 2.66. The lowest BCUT2D eigenvalue weighted by Gasteiger charge is -2.19. The third kappa shape index (κ3) is 3.77. The molecule has 1 aromatic heterocycles. The summed E-state index contributed by atoms with van der Waals surface area (Å²) in [4.78, 5) is 1.14. The molecule has 0 atom stereocenters. The molecule has 2 rings (SSSR count). The quantitative estimate of drug-likeness (QED) is 0.888. The molecule has 1 aromatic rings. The summed E-state index contributed by atoms with van der Waals surface area (Å²) in [5.41, 5.74) is 0. The van der Waals surface area contributed by atoms with Gasteiger partial charge in [-0.1, -0.05) is 6.07 Å². The van der Waals surface area contributed by atoms with Gasteiger partial charge in [0.2, 0.25) is 10.0 Å². The molecule has 0 saturated carbocycles. The van der Waals surface area contributed by atoms with Crippen LogP contribution in [0.3, 0.4) is 0 Å². The predicted molar refractivity (Wildman–Crippen MR) is 70.9 cm³/mol. The number of nitrogens with zero attached hydrogens (tertiary/aromatic N) is 1. The Balaban J connectivity index is 1.93. The van der Waals surface area contributed by atoms with Crippen LogP contribution in [-0.2, 0) is 16.4 Å². The van der Waals surface area contributed by atoms with Gasteiger partial charge in [-0.15, -0.1) is 11.3 Å². The van der Waals surface area contributed by atoms with Crippen molar-refractivity contribution in [1.29, 1.82) is 0 Å². The normalized spacial score (nSPS) is 19.1. The van der Waals surface area contributed by atoms with E-state index in [1.54, 1.807) is 15.6 Å². The fourth-order valence-corrected chi connectivity index (χ4v) is 4.26. The molecule has 1 aliphatic rings. The van der Waals surface area contributed by atoms with Gasteiger partial charge >= 0.3 is 0 Å². The molecule has 1 fully saturated rings. The zero-order valence-corrected chi connectivity index (χ0v) is 11.4. The van der Waals surface area contributed by atoms with Gasteiger partial charge in [-0.2, -0.15) is 0 Å². The van der Waals surface area contributed by atoms with Crippen molar-refractivity contribution in [1.82, 2.24) is 9.62 Å². The summed E-state index contributed by atoms with van der Waals surface area (Å²) in [6.45, 7) is 2.93. The van der Waals surface area contributed by atoms with Gasteiger partial charge in [0, 0.05) is 24.5 Å². The van der Waals surface area contributed by atoms with Crippen LogP contribution in [0.4, 0.5) is 0 Å². The van der Waals surface area contributed by atoms with Crippen molar-refractivity contribution in [2.45, 2.75) is 12.8 Å². The molecule has 0 unspecified atom stereocenters. The van der Waals surface area contributed by atoms with Gasteiger partial charge in [-0.25, -0.2) is 12.7 Å². The van der Waals surface area contributed by atoms with Crippen LogP contribution in [0.15, 0.2) is 17.5 Å². The summed E-state index contributed by atoms with van der Waals surface area (Å²) in [6.07, 6.45) is 1.53. The molecule has 0 bridgehead atoms. The second-order valence-corrected chi connectivity index (χ2v) is 7.27. The van der Waals surface area contributed by atoms with Gasteiger partial charge in [-0.3, -0.25) is 0 Å². The minimum absolute atomic E-state index is 0.230. The van der Waals surface area contributed by atoms with E-state index in [4.69, 9.17) is 0 Å². The molecule has 0 amide bonds. The van der Waals surface area contributed by atoms with Gasteiger partial charge in [0.15, 0.2) is 0 Å². The van der Waals surface area contributed by atoms with E-state index in [0.717, 1.165) is 24.4 Å². The Kier molecular flexibility index (Phi) is 4.55. The Morgan fingerprint density at radius 1 is 1.35 bits per heavy atom. The fourth-order valence-electron chi connectivity index (χ4n) is 1.91. The summed E-state index contributed by atoms with van der Waals surface area (Å²) in [6, 6.07) is 3.95. The molecule has 1 N–H and O–H groups in total. The Labute approximate surface area is 107 Å². The summed E-state index contributed by atoms with van der Waals surface area (Å²) >= 11 is 1.62. The number of sulfonamides is 1. The molecule has 0 aromatic carbocycles. The van der Waals surface area contributed by atoms with Crippen LogP contribution < -0.4 is 5.32 Å². The molecule has 17 heavy (non-hydrogen) atoms. The summed E-state index contributed by atoms with van der Waals surface area (Å²) in [7, 11) is -3.08. The van der Waals surface area contributed by atoms with Crippen LogP contribution >= 0.6 is 11.3 Å². The van der Waals surface area contributed by atoms with Crippen molar-refractivity contribution in [3.63, 3.8) is 0 Å². The largest absolute Gasteiger partial charge is 0.315 e. The summed E-state index contributed by atoms with van der Waals surface area (Å²) < 4.78 is 25.9. The third-order valence-corrected chi connectivity index (χ3v) is 5.69. The number of aryl methyl sites for hydroxylation is 1. The van der Waals surface area contributed by atoms with Gasteiger partial charge in [0.05, 0.1) is 5.75 Å². The average molecular weight is 274 g/mol. The van der Waals surface area contributed by atoms with Crippen molar-refractivity contribution >= 4 is 21.4 Å². The van der Waals surface area contributed by atoms with E-state index in [1.807, 2.05) is 17.5 Å². The number of hydrogen-bond acceptors (Lipinski definition) is 4. The van der Waals surface area contributed by atoms with E-state index in [0.29, 0.717) is 19.5 Å². The molecule has 96 valence electrons. The first-order valence-corrected chi connectivity index (χ1v) is 8.38. The standard InChI is InChI=1S/C11H18N2O2S2/c14-17(15,10-4-11-3-1-9-16-11)13-7-2-5-12-6-8-13/h1,3,9,12H,2,4-8,10H2. The highest BCUT2D eigenvalue weighted by Crippen LogP contribution is 2.12. The molecule has 1 aliphatic heterocycles. The highest BCUT2D eigenvalue weighted by atomic mass is 32.2. The first-order valence-electron chi connectivity index (χ1n) is 5.89. The minimum atomic E-state index is -3.08. The van der Waals surface area contributed by atoms with Gasteiger partial charge < -0.3 is 5.32 Å². The minimum Gasteiger partial charge on any atom is -0.315 e. The molecular weight excluding hydrogens is 256 g/mol. The highest BCUT2D eigenvalue weighted by molar-refractivity contribution is 7.89. The second-order valence-electron chi connectivity index (χ2n) is 4.15. The highest BCUT2D eigenvalue weighted by Gasteiger charge is 2.22. The number of hydrogen-bond donors (Lipinski definition) is 1. The molecule has 2 heterocycles. The molecule has 6 heteroatoms. The third-order valence-electron chi connectivity index (χ3n) is 2.88. The monoisotopic (exact) mass is 274 g/mol. The van der Waals surface area contributed by atoms with Crippen LogP contribution in [0.5, 0.6) is 0 Å². The number of nitrogens with one attached hydrogen (secondary N) is 1. The van der Waals surface area contributed by atoms with Crippen molar-refractivity contribution in [2.75, 3.05) is 31.9 Å². The van der Waals surface area contributed by atoms with Crippen LogP contribution in [-0.4, -0.2) is 44.7 Å². The van der Waals surface area contributed by atoms with Crippen molar-refractivity contribution in [2.24, 2.45) is 0 Å². The lowest BCUT2D eigenvalue weighted by molar-refractivity contribution is 0.432. The lowest BCUT2D eigenvalue weighted by Crippen LogP contribution is -2.36. The zero-order chi connectivity index (χ0) is 12.1. The Morgan fingerprint density at radius 2 is 2.24 bits per heavy atom. The topological polar surface area (TPSA) is 49.4 Å². The SMILES string of the molecule is O=S(=O)(CCc1cccs1)N1CCCNCC1. The summed E-state index contributed by atoms with van der Waals surface area (Å²) in [5.74, 6) is 0.230. The maximum absolute atomic E-state index is 12.1. The first-order chi connectivity index (χ1) is 8.18. The Morgan fingerprint density at radius 3 is 3.00 bits per heavy atom. The van der Waals surface area contributed by atoms with Gasteiger partial charge in [-0.05, 0) is 30.8 Å². The van der Waals surface area contributed by atoms with Gasteiger partial charge in [0.25, 0.3) is 0 Å². The van der Waals surface area contributed by atoms with Crippen molar-refractivity contribution < 1.29 is 8.42 Å². The van der Waals surface area contributed by atoms with E-state index in [1.165, 1.54) is 0 Å². The van der Waals surface area contributed by atoms with E-state index < -0.39 is 10.0 Å². The second kappa shape index (κ2) is 5.95. The molecule has 0 aliphatic carbocycles. The van der Waals surface area contributed by atoms with Crippen LogP contribution in [0.25, 0.3) is 0 Å². The first kappa shape index (κ1) is 13.0. The van der Waals surface area contributed by atoms with Crippen LogP contribution in [0, 0.1) is 0 Å². The van der Waals surface area contributed by atoms with Crippen LogP contribution in [0.2, 0.25) is 0 Å². The molecular formula is C11H18N2O2S2. The maximum atomic E-state index is 12.1. The lowest BCUT2D eigenvalue weighted by atomic mass is 10.4. The Bertz CT molecular complexity index is 420.